The van der Waals surface area contributed by atoms with E-state index >= 15 is 0 Å². The van der Waals surface area contributed by atoms with E-state index in [1.807, 2.05) is 19.1 Å². The second-order valence-corrected chi connectivity index (χ2v) is 4.65. The van der Waals surface area contributed by atoms with E-state index < -0.39 is 0 Å². The van der Waals surface area contributed by atoms with Crippen LogP contribution in [0.15, 0.2) is 18.2 Å². The molecule has 1 rings (SSSR count). The topological polar surface area (TPSA) is 41.5 Å². The molecule has 1 aromatic rings. The zero-order valence-corrected chi connectivity index (χ0v) is 11.4. The van der Waals surface area contributed by atoms with E-state index in [9.17, 15) is 5.11 Å². The maximum atomic E-state index is 9.18. The average Bonchev–Trinajstić information content (AvgIpc) is 2.31. The van der Waals surface area contributed by atoms with E-state index in [1.54, 1.807) is 13.2 Å². The monoisotopic (exact) mass is 277 g/mol. The Hall–Kier alpha value is -0.320. The molecule has 0 saturated carbocycles. The first kappa shape index (κ1) is 14.7. The summed E-state index contributed by atoms with van der Waals surface area (Å²) in [7, 11) is 1.60. The molecule has 1 aromatic carbocycles. The van der Waals surface area contributed by atoms with Gasteiger partial charge in [0.25, 0.3) is 0 Å². The molecule has 0 saturated heterocycles. The maximum Gasteiger partial charge on any atom is 0.0639 e. The third kappa shape index (κ3) is 4.12. The number of methoxy groups -OCH3 is 1. The molecule has 0 heterocycles. The number of aliphatic hydroxyl groups is 1. The first-order valence-corrected chi connectivity index (χ1v) is 6.15. The Balaban J connectivity index is 2.75. The highest BCUT2D eigenvalue weighted by atomic mass is 35.5. The van der Waals surface area contributed by atoms with Crippen molar-refractivity contribution in [3.8, 4) is 0 Å². The molecule has 0 bridgehead atoms. The van der Waals surface area contributed by atoms with E-state index in [0.29, 0.717) is 16.7 Å². The number of benzene rings is 1. The van der Waals surface area contributed by atoms with Crippen LogP contribution < -0.4 is 5.32 Å². The van der Waals surface area contributed by atoms with Gasteiger partial charge in [-0.2, -0.15) is 0 Å². The summed E-state index contributed by atoms with van der Waals surface area (Å²) < 4.78 is 5.00. The van der Waals surface area contributed by atoms with Crippen molar-refractivity contribution in [2.45, 2.75) is 19.0 Å². The molecule has 0 fully saturated rings. The smallest absolute Gasteiger partial charge is 0.0639 e. The molecule has 2 atom stereocenters. The molecule has 17 heavy (non-hydrogen) atoms. The van der Waals surface area contributed by atoms with Crippen LogP contribution in [-0.2, 0) is 4.74 Å². The fourth-order valence-corrected chi connectivity index (χ4v) is 2.12. The SMILES string of the molecule is COCC(CO)NC(C)c1cccc(Cl)c1Cl. The Morgan fingerprint density at radius 2 is 2.12 bits per heavy atom. The van der Waals surface area contributed by atoms with Gasteiger partial charge in [0.15, 0.2) is 0 Å². The fourth-order valence-electron chi connectivity index (χ4n) is 1.65. The van der Waals surface area contributed by atoms with E-state index in [-0.39, 0.29) is 18.7 Å². The van der Waals surface area contributed by atoms with Crippen LogP contribution in [-0.4, -0.2) is 31.5 Å². The van der Waals surface area contributed by atoms with Gasteiger partial charge in [-0.05, 0) is 18.6 Å². The first-order valence-electron chi connectivity index (χ1n) is 5.40. The normalized spacial score (nSPS) is 14.6. The average molecular weight is 278 g/mol. The molecule has 96 valence electrons. The summed E-state index contributed by atoms with van der Waals surface area (Å²) in [4.78, 5) is 0. The third-order valence-electron chi connectivity index (χ3n) is 2.52. The van der Waals surface area contributed by atoms with E-state index in [2.05, 4.69) is 5.32 Å². The van der Waals surface area contributed by atoms with Crippen molar-refractivity contribution >= 4 is 23.2 Å². The van der Waals surface area contributed by atoms with Crippen molar-refractivity contribution in [3.05, 3.63) is 33.8 Å². The van der Waals surface area contributed by atoms with Gasteiger partial charge in [-0.25, -0.2) is 0 Å². The van der Waals surface area contributed by atoms with Crippen LogP contribution in [0.1, 0.15) is 18.5 Å². The van der Waals surface area contributed by atoms with Gasteiger partial charge < -0.3 is 15.2 Å². The number of hydrogen-bond donors (Lipinski definition) is 2. The van der Waals surface area contributed by atoms with Crippen molar-refractivity contribution in [1.82, 2.24) is 5.32 Å². The quantitative estimate of drug-likeness (QED) is 0.840. The molecular weight excluding hydrogens is 261 g/mol. The van der Waals surface area contributed by atoms with Crippen LogP contribution in [0.25, 0.3) is 0 Å². The van der Waals surface area contributed by atoms with Crippen LogP contribution in [0.2, 0.25) is 10.0 Å². The highest BCUT2D eigenvalue weighted by Gasteiger charge is 2.15. The fraction of sp³-hybridized carbons (Fsp3) is 0.500. The minimum atomic E-state index is -0.120. The molecule has 0 aliphatic rings. The second-order valence-electron chi connectivity index (χ2n) is 3.87. The van der Waals surface area contributed by atoms with Crippen molar-refractivity contribution in [2.24, 2.45) is 0 Å². The number of aliphatic hydroxyl groups excluding tert-OH is 1. The van der Waals surface area contributed by atoms with Gasteiger partial charge in [0.05, 0.1) is 29.3 Å². The Morgan fingerprint density at radius 3 is 2.71 bits per heavy atom. The number of nitrogens with one attached hydrogen (secondary N) is 1. The van der Waals surface area contributed by atoms with Gasteiger partial charge in [-0.3, -0.25) is 0 Å². The van der Waals surface area contributed by atoms with Gasteiger partial charge in [0, 0.05) is 13.2 Å². The minimum Gasteiger partial charge on any atom is -0.395 e. The van der Waals surface area contributed by atoms with E-state index in [0.717, 1.165) is 5.56 Å². The standard InChI is InChI=1S/C12H17Cl2NO2/c1-8(15-9(6-16)7-17-2)10-4-3-5-11(13)12(10)14/h3-5,8-9,15-16H,6-7H2,1-2H3. The molecule has 3 nitrogen and oxygen atoms in total. The summed E-state index contributed by atoms with van der Waals surface area (Å²) in [6, 6.07) is 5.39. The highest BCUT2D eigenvalue weighted by Crippen LogP contribution is 2.29. The predicted molar refractivity (Wildman–Crippen MR) is 70.8 cm³/mol. The van der Waals surface area contributed by atoms with Crippen molar-refractivity contribution in [2.75, 3.05) is 20.3 Å². The molecule has 0 amide bonds. The molecule has 0 aliphatic carbocycles. The largest absolute Gasteiger partial charge is 0.395 e. The zero-order chi connectivity index (χ0) is 12.8. The van der Waals surface area contributed by atoms with Crippen LogP contribution in [0.4, 0.5) is 0 Å². The highest BCUT2D eigenvalue weighted by molar-refractivity contribution is 6.42. The molecule has 2 N–H and O–H groups in total. The number of ether oxygens (including phenoxy) is 1. The summed E-state index contributed by atoms with van der Waals surface area (Å²) in [5, 5.41) is 13.5. The third-order valence-corrected chi connectivity index (χ3v) is 3.36. The molecular formula is C12H17Cl2NO2. The Bertz CT molecular complexity index is 360. The van der Waals surface area contributed by atoms with E-state index in [4.69, 9.17) is 27.9 Å². The molecule has 2 unspecified atom stereocenters. The molecule has 5 heteroatoms. The minimum absolute atomic E-state index is 0.00602. The lowest BCUT2D eigenvalue weighted by Gasteiger charge is -2.22. The molecule has 0 radical (unpaired) electrons. The Kier molecular flexibility index (Phi) is 6.23. The van der Waals surface area contributed by atoms with Crippen LogP contribution in [0.3, 0.4) is 0 Å². The summed E-state index contributed by atoms with van der Waals surface area (Å²) in [5.41, 5.74) is 0.911. The lowest BCUT2D eigenvalue weighted by atomic mass is 10.1. The molecule has 0 aliphatic heterocycles. The summed E-state index contributed by atoms with van der Waals surface area (Å²) in [5.74, 6) is 0. The van der Waals surface area contributed by atoms with Crippen LogP contribution in [0.5, 0.6) is 0 Å². The summed E-state index contributed by atoms with van der Waals surface area (Å²) in [6.45, 7) is 2.42. The lowest BCUT2D eigenvalue weighted by Crippen LogP contribution is -2.38. The number of rotatable bonds is 6. The zero-order valence-electron chi connectivity index (χ0n) is 9.91. The van der Waals surface area contributed by atoms with Crippen molar-refractivity contribution in [3.63, 3.8) is 0 Å². The number of halogens is 2. The van der Waals surface area contributed by atoms with E-state index in [1.165, 1.54) is 0 Å². The molecule has 0 aromatic heterocycles. The predicted octanol–water partition coefficient (Wildman–Crippen LogP) is 2.65. The van der Waals surface area contributed by atoms with Gasteiger partial charge >= 0.3 is 0 Å². The van der Waals surface area contributed by atoms with Gasteiger partial charge in [0.1, 0.15) is 0 Å². The van der Waals surface area contributed by atoms with Crippen LogP contribution >= 0.6 is 23.2 Å². The van der Waals surface area contributed by atoms with Gasteiger partial charge in [-0.1, -0.05) is 35.3 Å². The lowest BCUT2D eigenvalue weighted by molar-refractivity contribution is 0.123. The molecule has 0 spiro atoms. The maximum absolute atomic E-state index is 9.18. The number of hydrogen-bond acceptors (Lipinski definition) is 3. The second kappa shape index (κ2) is 7.19. The van der Waals surface area contributed by atoms with Crippen molar-refractivity contribution < 1.29 is 9.84 Å². The van der Waals surface area contributed by atoms with Gasteiger partial charge in [0.2, 0.25) is 0 Å². The van der Waals surface area contributed by atoms with Crippen LogP contribution in [0, 0.1) is 0 Å². The summed E-state index contributed by atoms with van der Waals surface area (Å²) >= 11 is 12.1. The van der Waals surface area contributed by atoms with Gasteiger partial charge in [-0.15, -0.1) is 0 Å². The first-order chi connectivity index (χ1) is 8.10. The Labute approximate surface area is 112 Å². The summed E-state index contributed by atoms with van der Waals surface area (Å²) in [6.07, 6.45) is 0. The Morgan fingerprint density at radius 1 is 1.41 bits per heavy atom. The van der Waals surface area contributed by atoms with Crippen molar-refractivity contribution in [1.29, 1.82) is 0 Å².